The van der Waals surface area contributed by atoms with E-state index in [1.807, 2.05) is 6.92 Å². The van der Waals surface area contributed by atoms with Gasteiger partial charge in [0.15, 0.2) is 0 Å². The number of carbonyl (C=O) groups excluding carboxylic acids is 1. The van der Waals surface area contributed by atoms with Gasteiger partial charge in [-0.25, -0.2) is 0 Å². The zero-order chi connectivity index (χ0) is 18.7. The van der Waals surface area contributed by atoms with Gasteiger partial charge in [-0.2, -0.15) is 0 Å². The van der Waals surface area contributed by atoms with Crippen molar-refractivity contribution < 1.29 is 9.53 Å². The lowest BCUT2D eigenvalue weighted by atomic mass is 9.61. The summed E-state index contributed by atoms with van der Waals surface area (Å²) in [4.78, 5) is 15.8. The van der Waals surface area contributed by atoms with Crippen LogP contribution in [-0.4, -0.2) is 73.0 Å². The van der Waals surface area contributed by atoms with Crippen LogP contribution in [0, 0.1) is 18.3 Å². The Kier molecular flexibility index (Phi) is 6.06. The summed E-state index contributed by atoms with van der Waals surface area (Å²) in [5, 5.41) is 16.9. The Morgan fingerprint density at radius 3 is 3.00 bits per heavy atom. The summed E-state index contributed by atoms with van der Waals surface area (Å²) in [5.41, 5.74) is -0.238. The van der Waals surface area contributed by atoms with Crippen LogP contribution in [0.25, 0.3) is 0 Å². The van der Waals surface area contributed by atoms with Crippen molar-refractivity contribution in [2.24, 2.45) is 11.3 Å². The molecule has 2 aliphatic heterocycles. The molecule has 1 aromatic heterocycles. The molecule has 1 aliphatic carbocycles. The fourth-order valence-corrected chi connectivity index (χ4v) is 5.77. The van der Waals surface area contributed by atoms with E-state index in [0.717, 1.165) is 81.5 Å². The molecule has 0 bridgehead atoms. The zero-order valence-electron chi connectivity index (χ0n) is 16.2. The van der Waals surface area contributed by atoms with Gasteiger partial charge in [0.25, 0.3) is 0 Å². The number of morpholine rings is 1. The molecule has 27 heavy (non-hydrogen) atoms. The number of rotatable bonds is 5. The van der Waals surface area contributed by atoms with Crippen molar-refractivity contribution in [1.29, 1.82) is 0 Å². The molecule has 0 unspecified atom stereocenters. The molecule has 3 fully saturated rings. The van der Waals surface area contributed by atoms with Gasteiger partial charge in [-0.15, -0.1) is 21.5 Å². The number of nitrogens with zero attached hydrogens (tertiary/aromatic N) is 3. The molecule has 3 atom stereocenters. The van der Waals surface area contributed by atoms with E-state index in [-0.39, 0.29) is 11.3 Å². The lowest BCUT2D eigenvalue weighted by Gasteiger charge is -2.50. The molecule has 150 valence electrons. The van der Waals surface area contributed by atoms with Crippen molar-refractivity contribution >= 4 is 17.2 Å². The molecule has 7 nitrogen and oxygen atoms in total. The first kappa shape index (κ1) is 19.2. The molecular formula is C19H31N5O2S. The second-order valence-corrected chi connectivity index (χ2v) is 9.38. The minimum Gasteiger partial charge on any atom is -0.379 e. The van der Waals surface area contributed by atoms with E-state index < -0.39 is 0 Å². The summed E-state index contributed by atoms with van der Waals surface area (Å²) in [5.74, 6) is 0.713. The summed E-state index contributed by atoms with van der Waals surface area (Å²) in [6, 6.07) is 0.613. The van der Waals surface area contributed by atoms with E-state index in [0.29, 0.717) is 18.5 Å². The van der Waals surface area contributed by atoms with E-state index >= 15 is 0 Å². The molecule has 0 aromatic carbocycles. The van der Waals surface area contributed by atoms with Gasteiger partial charge in [-0.1, -0.05) is 0 Å². The Balaban J connectivity index is 1.36. The number of fused-ring (bicyclic) bond motifs is 1. The van der Waals surface area contributed by atoms with Crippen molar-refractivity contribution in [3.05, 3.63) is 10.0 Å². The van der Waals surface area contributed by atoms with Gasteiger partial charge in [-0.3, -0.25) is 9.69 Å². The van der Waals surface area contributed by atoms with Gasteiger partial charge in [0.1, 0.15) is 10.0 Å². The number of nitrogens with one attached hydrogen (secondary N) is 2. The molecular weight excluding hydrogens is 362 g/mol. The molecule has 1 aromatic rings. The molecule has 4 rings (SSSR count). The van der Waals surface area contributed by atoms with Crippen LogP contribution < -0.4 is 10.6 Å². The molecule has 1 saturated carbocycles. The summed E-state index contributed by atoms with van der Waals surface area (Å²) in [7, 11) is 0. The predicted molar refractivity (Wildman–Crippen MR) is 105 cm³/mol. The summed E-state index contributed by atoms with van der Waals surface area (Å²) >= 11 is 1.61. The van der Waals surface area contributed by atoms with E-state index in [9.17, 15) is 4.79 Å². The molecule has 1 amide bonds. The fourth-order valence-electron chi connectivity index (χ4n) is 5.07. The Labute approximate surface area is 165 Å². The topological polar surface area (TPSA) is 79.4 Å². The van der Waals surface area contributed by atoms with Crippen LogP contribution in [0.1, 0.15) is 35.7 Å². The minimum atomic E-state index is -0.238. The predicted octanol–water partition coefficient (Wildman–Crippen LogP) is 0.986. The number of hydrogen-bond acceptors (Lipinski definition) is 7. The number of amides is 1. The van der Waals surface area contributed by atoms with Crippen molar-refractivity contribution in [3.63, 3.8) is 0 Å². The van der Waals surface area contributed by atoms with Crippen LogP contribution in [0.15, 0.2) is 0 Å². The third kappa shape index (κ3) is 4.18. The largest absolute Gasteiger partial charge is 0.379 e. The summed E-state index contributed by atoms with van der Waals surface area (Å²) in [6.45, 7) is 8.22. The maximum absolute atomic E-state index is 13.2. The van der Waals surface area contributed by atoms with Gasteiger partial charge in [0.2, 0.25) is 5.91 Å². The summed E-state index contributed by atoms with van der Waals surface area (Å²) < 4.78 is 5.51. The highest BCUT2D eigenvalue weighted by Gasteiger charge is 2.50. The van der Waals surface area contributed by atoms with Crippen molar-refractivity contribution in [1.82, 2.24) is 25.7 Å². The van der Waals surface area contributed by atoms with Gasteiger partial charge < -0.3 is 15.4 Å². The second-order valence-electron chi connectivity index (χ2n) is 8.12. The van der Waals surface area contributed by atoms with E-state index in [1.165, 1.54) is 0 Å². The third-order valence-electron chi connectivity index (χ3n) is 6.58. The van der Waals surface area contributed by atoms with Crippen molar-refractivity contribution in [2.45, 2.75) is 45.1 Å². The highest BCUT2D eigenvalue weighted by molar-refractivity contribution is 7.11. The smallest absolute Gasteiger partial charge is 0.227 e. The molecule has 8 heteroatoms. The number of hydrogen-bond donors (Lipinski definition) is 2. The second kappa shape index (κ2) is 8.51. The first-order valence-electron chi connectivity index (χ1n) is 10.3. The van der Waals surface area contributed by atoms with Gasteiger partial charge in [0.05, 0.1) is 18.6 Å². The average Bonchev–Trinajstić information content (AvgIpc) is 3.13. The van der Waals surface area contributed by atoms with Gasteiger partial charge in [-0.05, 0) is 45.1 Å². The average molecular weight is 394 g/mol. The molecule has 0 spiro atoms. The quantitative estimate of drug-likeness (QED) is 0.777. The minimum absolute atomic E-state index is 0.237. The first-order chi connectivity index (χ1) is 13.2. The van der Waals surface area contributed by atoms with Crippen molar-refractivity contribution in [3.8, 4) is 0 Å². The Bertz CT molecular complexity index is 648. The Morgan fingerprint density at radius 2 is 2.22 bits per heavy atom. The van der Waals surface area contributed by atoms with E-state index in [4.69, 9.17) is 4.74 Å². The number of ether oxygens (including phenoxy) is 1. The first-order valence-corrected chi connectivity index (χ1v) is 11.1. The normalized spacial score (nSPS) is 32.0. The molecule has 0 radical (unpaired) electrons. The number of carbonyl (C=O) groups is 1. The monoisotopic (exact) mass is 393 g/mol. The SMILES string of the molecule is Cc1nnc(CCNC(=O)[C@@]23CC[C@@H](N4CCOCC4)C[C@H]2CCNC3)s1. The Hall–Kier alpha value is -1.09. The molecule has 2 saturated heterocycles. The number of aryl methyl sites for hydroxylation is 1. The zero-order valence-corrected chi connectivity index (χ0v) is 17.0. The van der Waals surface area contributed by atoms with Crippen LogP contribution in [0.5, 0.6) is 0 Å². The maximum atomic E-state index is 13.2. The van der Waals surface area contributed by atoms with Gasteiger partial charge in [0, 0.05) is 38.6 Å². The van der Waals surface area contributed by atoms with Crippen LogP contribution in [0.2, 0.25) is 0 Å². The maximum Gasteiger partial charge on any atom is 0.227 e. The van der Waals surface area contributed by atoms with Crippen molar-refractivity contribution in [2.75, 3.05) is 45.9 Å². The lowest BCUT2D eigenvalue weighted by molar-refractivity contribution is -0.140. The van der Waals surface area contributed by atoms with Gasteiger partial charge >= 0.3 is 0 Å². The fraction of sp³-hybridized carbons (Fsp3) is 0.842. The van der Waals surface area contributed by atoms with Crippen LogP contribution in [0.4, 0.5) is 0 Å². The third-order valence-corrected chi connectivity index (χ3v) is 7.48. The standard InChI is InChI=1S/C19H31N5O2S/c1-14-22-23-17(27-14)4-7-21-18(25)19-5-2-16(24-8-10-26-11-9-24)12-15(19)3-6-20-13-19/h15-16,20H,2-13H2,1H3,(H,21,25)/t15-,16-,19-/m1/s1. The molecule has 3 heterocycles. The van der Waals surface area contributed by atoms with E-state index in [2.05, 4.69) is 25.7 Å². The highest BCUT2D eigenvalue weighted by atomic mass is 32.1. The van der Waals surface area contributed by atoms with Crippen LogP contribution in [0.3, 0.4) is 0 Å². The lowest BCUT2D eigenvalue weighted by Crippen LogP contribution is -2.60. The molecule has 3 aliphatic rings. The number of aromatic nitrogens is 2. The van der Waals surface area contributed by atoms with E-state index in [1.54, 1.807) is 11.3 Å². The molecule has 2 N–H and O–H groups in total. The Morgan fingerprint density at radius 1 is 1.37 bits per heavy atom. The highest BCUT2D eigenvalue weighted by Crippen LogP contribution is 2.46. The summed E-state index contributed by atoms with van der Waals surface area (Å²) in [6.07, 6.45) is 5.11. The van der Waals surface area contributed by atoms with Crippen LogP contribution >= 0.6 is 11.3 Å². The van der Waals surface area contributed by atoms with Crippen LogP contribution in [-0.2, 0) is 16.0 Å². The number of piperidine rings is 1.